The molecule has 5 heteroatoms. The lowest BCUT2D eigenvalue weighted by atomic mass is 10.1. The van der Waals surface area contributed by atoms with Crippen molar-refractivity contribution < 1.29 is 9.53 Å². The summed E-state index contributed by atoms with van der Waals surface area (Å²) in [6.07, 6.45) is 1.60. The monoisotopic (exact) mass is 279 g/mol. The lowest BCUT2D eigenvalue weighted by Crippen LogP contribution is -2.35. The van der Waals surface area contributed by atoms with E-state index in [0.29, 0.717) is 29.6 Å². The third kappa shape index (κ3) is 3.85. The van der Waals surface area contributed by atoms with E-state index in [1.165, 1.54) is 0 Å². The SMILES string of the molecule is CCOC(=O)c1ccnc(N(CC(C)C)C(C)C)c1N. The summed E-state index contributed by atoms with van der Waals surface area (Å²) >= 11 is 0. The van der Waals surface area contributed by atoms with Crippen molar-refractivity contribution in [3.8, 4) is 0 Å². The minimum absolute atomic E-state index is 0.254. The molecule has 112 valence electrons. The van der Waals surface area contributed by atoms with E-state index in [-0.39, 0.29) is 6.04 Å². The van der Waals surface area contributed by atoms with Gasteiger partial charge in [0.15, 0.2) is 5.82 Å². The van der Waals surface area contributed by atoms with Crippen molar-refractivity contribution in [1.29, 1.82) is 0 Å². The molecular formula is C15H25N3O2. The van der Waals surface area contributed by atoms with Gasteiger partial charge >= 0.3 is 5.97 Å². The second-order valence-corrected chi connectivity index (χ2v) is 5.46. The predicted molar refractivity (Wildman–Crippen MR) is 81.9 cm³/mol. The molecule has 0 unspecified atom stereocenters. The minimum atomic E-state index is -0.401. The van der Waals surface area contributed by atoms with E-state index < -0.39 is 5.97 Å². The van der Waals surface area contributed by atoms with Crippen molar-refractivity contribution in [1.82, 2.24) is 4.98 Å². The van der Waals surface area contributed by atoms with Crippen molar-refractivity contribution >= 4 is 17.5 Å². The molecule has 1 rings (SSSR count). The average Bonchev–Trinajstić information content (AvgIpc) is 2.36. The van der Waals surface area contributed by atoms with E-state index in [9.17, 15) is 4.79 Å². The molecule has 0 aliphatic heterocycles. The number of carbonyl (C=O) groups is 1. The topological polar surface area (TPSA) is 68.5 Å². The number of esters is 1. The second-order valence-electron chi connectivity index (χ2n) is 5.46. The quantitative estimate of drug-likeness (QED) is 0.811. The highest BCUT2D eigenvalue weighted by Gasteiger charge is 2.21. The first kappa shape index (κ1) is 16.3. The van der Waals surface area contributed by atoms with Crippen molar-refractivity contribution in [3.05, 3.63) is 17.8 Å². The predicted octanol–water partition coefficient (Wildman–Crippen LogP) is 2.71. The molecule has 0 fully saturated rings. The number of ether oxygens (including phenoxy) is 1. The zero-order valence-corrected chi connectivity index (χ0v) is 13.0. The number of carbonyl (C=O) groups excluding carboxylic acids is 1. The molecule has 1 heterocycles. The van der Waals surface area contributed by atoms with Crippen LogP contribution in [0.3, 0.4) is 0 Å². The fourth-order valence-electron chi connectivity index (χ4n) is 2.01. The highest BCUT2D eigenvalue weighted by atomic mass is 16.5. The number of hydrogen-bond acceptors (Lipinski definition) is 5. The van der Waals surface area contributed by atoms with Gasteiger partial charge in [-0.15, -0.1) is 0 Å². The molecule has 0 bridgehead atoms. The Morgan fingerprint density at radius 2 is 2.05 bits per heavy atom. The van der Waals surface area contributed by atoms with E-state index in [1.807, 2.05) is 0 Å². The molecule has 2 N–H and O–H groups in total. The van der Waals surface area contributed by atoms with E-state index in [4.69, 9.17) is 10.5 Å². The maximum absolute atomic E-state index is 11.9. The number of pyridine rings is 1. The van der Waals surface area contributed by atoms with Crippen LogP contribution in [-0.4, -0.2) is 30.1 Å². The molecule has 1 aromatic rings. The minimum Gasteiger partial charge on any atom is -0.462 e. The summed E-state index contributed by atoms with van der Waals surface area (Å²) in [5.41, 5.74) is 6.89. The number of nitrogens with two attached hydrogens (primary N) is 1. The summed E-state index contributed by atoms with van der Waals surface area (Å²) in [5, 5.41) is 0. The Morgan fingerprint density at radius 1 is 1.40 bits per heavy atom. The summed E-state index contributed by atoms with van der Waals surface area (Å²) in [6, 6.07) is 1.86. The molecule has 0 aliphatic rings. The van der Waals surface area contributed by atoms with Crippen LogP contribution in [0.5, 0.6) is 0 Å². The van der Waals surface area contributed by atoms with Crippen LogP contribution in [0.1, 0.15) is 45.0 Å². The Kier molecular flexibility index (Phi) is 5.80. The largest absolute Gasteiger partial charge is 0.462 e. The number of hydrogen-bond donors (Lipinski definition) is 1. The Hall–Kier alpha value is -1.78. The first-order valence-electron chi connectivity index (χ1n) is 7.06. The van der Waals surface area contributed by atoms with Crippen LogP contribution in [0.25, 0.3) is 0 Å². The molecule has 0 amide bonds. The Bertz CT molecular complexity index is 458. The number of rotatable bonds is 6. The van der Waals surface area contributed by atoms with Gasteiger partial charge in [-0.3, -0.25) is 0 Å². The molecule has 1 aromatic heterocycles. The van der Waals surface area contributed by atoms with Gasteiger partial charge < -0.3 is 15.4 Å². The zero-order valence-electron chi connectivity index (χ0n) is 13.0. The highest BCUT2D eigenvalue weighted by Crippen LogP contribution is 2.27. The first-order chi connectivity index (χ1) is 9.38. The molecule has 0 aliphatic carbocycles. The normalized spacial score (nSPS) is 10.9. The van der Waals surface area contributed by atoms with Crippen LogP contribution < -0.4 is 10.6 Å². The van der Waals surface area contributed by atoms with E-state index in [1.54, 1.807) is 19.2 Å². The number of aromatic nitrogens is 1. The van der Waals surface area contributed by atoms with Gasteiger partial charge in [0.05, 0.1) is 17.9 Å². The third-order valence-corrected chi connectivity index (χ3v) is 2.92. The Morgan fingerprint density at radius 3 is 2.55 bits per heavy atom. The summed E-state index contributed by atoms with van der Waals surface area (Å²) in [7, 11) is 0. The summed E-state index contributed by atoms with van der Waals surface area (Å²) in [4.78, 5) is 18.3. The lowest BCUT2D eigenvalue weighted by Gasteiger charge is -2.30. The van der Waals surface area contributed by atoms with E-state index in [0.717, 1.165) is 6.54 Å². The van der Waals surface area contributed by atoms with Crippen LogP contribution in [0.15, 0.2) is 12.3 Å². The molecule has 0 saturated carbocycles. The third-order valence-electron chi connectivity index (χ3n) is 2.92. The van der Waals surface area contributed by atoms with Crippen molar-refractivity contribution in [3.63, 3.8) is 0 Å². The molecule has 0 spiro atoms. The maximum atomic E-state index is 11.9. The van der Waals surface area contributed by atoms with E-state index >= 15 is 0 Å². The lowest BCUT2D eigenvalue weighted by molar-refractivity contribution is 0.0527. The van der Waals surface area contributed by atoms with E-state index in [2.05, 4.69) is 37.6 Å². The van der Waals surface area contributed by atoms with Crippen LogP contribution >= 0.6 is 0 Å². The fraction of sp³-hybridized carbons (Fsp3) is 0.600. The zero-order chi connectivity index (χ0) is 15.3. The van der Waals surface area contributed by atoms with Crippen molar-refractivity contribution in [2.24, 2.45) is 5.92 Å². The molecule has 5 nitrogen and oxygen atoms in total. The van der Waals surface area contributed by atoms with Crippen LogP contribution in [0.4, 0.5) is 11.5 Å². The van der Waals surface area contributed by atoms with Crippen LogP contribution in [0.2, 0.25) is 0 Å². The number of anilines is 2. The second kappa shape index (κ2) is 7.12. The Labute approximate surface area is 121 Å². The molecular weight excluding hydrogens is 254 g/mol. The van der Waals surface area contributed by atoms with Crippen LogP contribution in [-0.2, 0) is 4.74 Å². The standard InChI is InChI=1S/C15H25N3O2/c1-6-20-15(19)12-7-8-17-14(13(12)16)18(11(4)5)9-10(2)3/h7-8,10-11H,6,9,16H2,1-5H3. The molecule has 20 heavy (non-hydrogen) atoms. The van der Waals surface area contributed by atoms with Gasteiger partial charge in [0.25, 0.3) is 0 Å². The highest BCUT2D eigenvalue weighted by molar-refractivity contribution is 5.97. The maximum Gasteiger partial charge on any atom is 0.340 e. The smallest absolute Gasteiger partial charge is 0.340 e. The van der Waals surface area contributed by atoms with Gasteiger partial charge in [0, 0.05) is 18.8 Å². The summed E-state index contributed by atoms with van der Waals surface area (Å²) in [6.45, 7) is 11.4. The summed E-state index contributed by atoms with van der Waals surface area (Å²) in [5.74, 6) is 0.728. The van der Waals surface area contributed by atoms with Gasteiger partial charge in [-0.25, -0.2) is 9.78 Å². The molecule has 0 saturated heterocycles. The molecule has 0 radical (unpaired) electrons. The fourth-order valence-corrected chi connectivity index (χ4v) is 2.01. The van der Waals surface area contributed by atoms with Gasteiger partial charge in [-0.1, -0.05) is 13.8 Å². The Balaban J connectivity index is 3.17. The molecule has 0 atom stereocenters. The first-order valence-corrected chi connectivity index (χ1v) is 7.06. The van der Waals surface area contributed by atoms with Gasteiger partial charge in [-0.2, -0.15) is 0 Å². The molecule has 0 aromatic carbocycles. The van der Waals surface area contributed by atoms with Gasteiger partial charge in [0.2, 0.25) is 0 Å². The van der Waals surface area contributed by atoms with Crippen molar-refractivity contribution in [2.45, 2.75) is 40.7 Å². The van der Waals surface area contributed by atoms with Gasteiger partial charge in [0.1, 0.15) is 0 Å². The summed E-state index contributed by atoms with van der Waals surface area (Å²) < 4.78 is 5.02. The average molecular weight is 279 g/mol. The van der Waals surface area contributed by atoms with Gasteiger partial charge in [-0.05, 0) is 32.8 Å². The number of nitrogen functional groups attached to an aromatic ring is 1. The van der Waals surface area contributed by atoms with Crippen molar-refractivity contribution in [2.75, 3.05) is 23.8 Å². The van der Waals surface area contributed by atoms with Crippen LogP contribution in [0, 0.1) is 5.92 Å². The number of nitrogens with zero attached hydrogens (tertiary/aromatic N) is 2.